The Morgan fingerprint density at radius 2 is 1.42 bits per heavy atom. The van der Waals surface area contributed by atoms with Gasteiger partial charge in [-0.15, -0.1) is 0 Å². The molecule has 0 unspecified atom stereocenters. The van der Waals surface area contributed by atoms with Crippen LogP contribution in [0.15, 0.2) is 89.8 Å². The van der Waals surface area contributed by atoms with Gasteiger partial charge in [0.15, 0.2) is 0 Å². The lowest BCUT2D eigenvalue weighted by Crippen LogP contribution is -2.52. The zero-order valence-electron chi connectivity index (χ0n) is 25.9. The van der Waals surface area contributed by atoms with Crippen LogP contribution in [0, 0.1) is 0 Å². The Morgan fingerprint density at radius 3 is 2.07 bits per heavy atom. The van der Waals surface area contributed by atoms with Crippen LogP contribution < -0.4 is 5.32 Å². The molecule has 0 radical (unpaired) electrons. The minimum absolute atomic E-state index is 0.128. The average molecular weight is 633 g/mol. The van der Waals surface area contributed by atoms with E-state index in [-0.39, 0.29) is 23.1 Å². The van der Waals surface area contributed by atoms with Crippen molar-refractivity contribution in [2.75, 3.05) is 52.5 Å². The van der Waals surface area contributed by atoms with Crippen molar-refractivity contribution in [3.8, 4) is 0 Å². The molecule has 2 fully saturated rings. The molecular formula is C35H44N4O5S. The van der Waals surface area contributed by atoms with E-state index in [1.807, 2.05) is 60.7 Å². The van der Waals surface area contributed by atoms with E-state index in [4.69, 9.17) is 4.74 Å². The Bertz CT molecular complexity index is 1470. The maximum atomic E-state index is 14.0. The van der Waals surface area contributed by atoms with Gasteiger partial charge < -0.3 is 15.0 Å². The Morgan fingerprint density at radius 1 is 0.800 bits per heavy atom. The molecule has 2 saturated heterocycles. The molecule has 1 N–H and O–H groups in total. The van der Waals surface area contributed by atoms with Gasteiger partial charge in [0.25, 0.3) is 0 Å². The molecule has 2 aliphatic rings. The summed E-state index contributed by atoms with van der Waals surface area (Å²) in [5, 5.41) is 3.11. The second kappa shape index (κ2) is 16.1. The quantitative estimate of drug-likeness (QED) is 0.292. The molecule has 5 rings (SSSR count). The van der Waals surface area contributed by atoms with Crippen molar-refractivity contribution in [1.82, 2.24) is 19.4 Å². The highest BCUT2D eigenvalue weighted by Crippen LogP contribution is 2.22. The summed E-state index contributed by atoms with van der Waals surface area (Å²) >= 11 is 0. The first-order valence-corrected chi connectivity index (χ1v) is 17.4. The smallest absolute Gasteiger partial charge is 0.243 e. The largest absolute Gasteiger partial charge is 0.379 e. The maximum absolute atomic E-state index is 14.0. The molecular weight excluding hydrogens is 588 g/mol. The van der Waals surface area contributed by atoms with Crippen molar-refractivity contribution in [2.45, 2.75) is 49.6 Å². The first-order valence-electron chi connectivity index (χ1n) is 15.9. The van der Waals surface area contributed by atoms with Gasteiger partial charge in [0.05, 0.1) is 18.1 Å². The minimum Gasteiger partial charge on any atom is -0.379 e. The van der Waals surface area contributed by atoms with E-state index in [1.54, 1.807) is 29.2 Å². The zero-order chi connectivity index (χ0) is 31.5. The molecule has 0 aliphatic carbocycles. The van der Waals surface area contributed by atoms with Gasteiger partial charge >= 0.3 is 0 Å². The number of aryl methyl sites for hydroxylation is 1. The molecule has 0 aromatic heterocycles. The van der Waals surface area contributed by atoms with Crippen molar-refractivity contribution in [3.05, 3.63) is 102 Å². The van der Waals surface area contributed by atoms with E-state index >= 15 is 0 Å². The molecule has 3 aromatic carbocycles. The summed E-state index contributed by atoms with van der Waals surface area (Å²) in [7, 11) is -3.50. The van der Waals surface area contributed by atoms with Gasteiger partial charge in [0, 0.05) is 58.7 Å². The Balaban J connectivity index is 1.31. The predicted octanol–water partition coefficient (Wildman–Crippen LogP) is 3.49. The summed E-state index contributed by atoms with van der Waals surface area (Å²) < 4.78 is 32.9. The molecule has 0 saturated carbocycles. The highest BCUT2D eigenvalue weighted by atomic mass is 32.2. The average Bonchev–Trinajstić information content (AvgIpc) is 3.63. The molecule has 10 heteroatoms. The van der Waals surface area contributed by atoms with Crippen LogP contribution in [0.25, 0.3) is 0 Å². The van der Waals surface area contributed by atoms with Crippen LogP contribution in [0.3, 0.4) is 0 Å². The molecule has 1 atom stereocenters. The Hall–Kier alpha value is -3.57. The first kappa shape index (κ1) is 32.8. The number of nitrogens with zero attached hydrogens (tertiary/aromatic N) is 3. The number of morpholine rings is 1. The number of benzene rings is 3. The number of carbonyl (C=O) groups is 2. The van der Waals surface area contributed by atoms with Crippen LogP contribution in [0.1, 0.15) is 36.0 Å². The second-order valence-electron chi connectivity index (χ2n) is 11.7. The first-order chi connectivity index (χ1) is 21.9. The number of hydrogen-bond donors (Lipinski definition) is 1. The lowest BCUT2D eigenvalue weighted by Gasteiger charge is -2.32. The molecule has 240 valence electrons. The van der Waals surface area contributed by atoms with Crippen LogP contribution in [-0.4, -0.2) is 92.9 Å². The van der Waals surface area contributed by atoms with Gasteiger partial charge in [-0.05, 0) is 48.1 Å². The van der Waals surface area contributed by atoms with Gasteiger partial charge in [-0.2, -0.15) is 4.31 Å². The summed E-state index contributed by atoms with van der Waals surface area (Å²) in [6, 6.07) is 25.7. The number of carbonyl (C=O) groups excluding carboxylic acids is 2. The van der Waals surface area contributed by atoms with E-state index in [0.717, 1.165) is 49.2 Å². The van der Waals surface area contributed by atoms with Gasteiger partial charge in [0.2, 0.25) is 21.8 Å². The lowest BCUT2D eigenvalue weighted by atomic mass is 10.0. The number of ether oxygens (including phenoxy) is 1. The molecule has 3 aromatic rings. The second-order valence-corrected chi connectivity index (χ2v) is 13.7. The van der Waals surface area contributed by atoms with Crippen LogP contribution in [0.4, 0.5) is 0 Å². The molecule has 2 heterocycles. The van der Waals surface area contributed by atoms with Gasteiger partial charge in [0.1, 0.15) is 6.04 Å². The molecule has 45 heavy (non-hydrogen) atoms. The maximum Gasteiger partial charge on any atom is 0.243 e. The number of nitrogens with one attached hydrogen (secondary N) is 1. The molecule has 2 aliphatic heterocycles. The summed E-state index contributed by atoms with van der Waals surface area (Å²) in [6.07, 6.45) is 2.79. The highest BCUT2D eigenvalue weighted by molar-refractivity contribution is 7.89. The summed E-state index contributed by atoms with van der Waals surface area (Å²) in [4.78, 5) is 32.1. The highest BCUT2D eigenvalue weighted by Gasteiger charge is 2.31. The van der Waals surface area contributed by atoms with E-state index in [9.17, 15) is 18.0 Å². The number of amides is 2. The van der Waals surface area contributed by atoms with Crippen molar-refractivity contribution < 1.29 is 22.7 Å². The fourth-order valence-corrected chi connectivity index (χ4v) is 7.43. The normalized spacial score (nSPS) is 16.7. The minimum atomic E-state index is -3.50. The van der Waals surface area contributed by atoms with Crippen LogP contribution in [-0.2, 0) is 43.7 Å². The van der Waals surface area contributed by atoms with E-state index in [0.29, 0.717) is 52.2 Å². The topological polar surface area (TPSA) is 99.3 Å². The Labute approximate surface area is 267 Å². The van der Waals surface area contributed by atoms with E-state index in [2.05, 4.69) is 10.2 Å². The lowest BCUT2D eigenvalue weighted by molar-refractivity contribution is -0.141. The third-order valence-corrected chi connectivity index (χ3v) is 10.5. The summed E-state index contributed by atoms with van der Waals surface area (Å²) in [6.45, 7) is 5.71. The van der Waals surface area contributed by atoms with Crippen LogP contribution in [0.5, 0.6) is 0 Å². The van der Waals surface area contributed by atoms with Crippen LogP contribution >= 0.6 is 0 Å². The predicted molar refractivity (Wildman–Crippen MR) is 174 cm³/mol. The van der Waals surface area contributed by atoms with Crippen molar-refractivity contribution >= 4 is 21.8 Å². The SMILES string of the molecule is O=C(NCCN1CCOCC1)[C@H](Cc1ccccc1)N(Cc1ccccc1)C(=O)CCc1ccc(S(=O)(=O)N2CCCC2)cc1. The van der Waals surface area contributed by atoms with Crippen molar-refractivity contribution in [1.29, 1.82) is 0 Å². The van der Waals surface area contributed by atoms with Crippen molar-refractivity contribution in [3.63, 3.8) is 0 Å². The molecule has 0 bridgehead atoms. The summed E-state index contributed by atoms with van der Waals surface area (Å²) in [5.74, 6) is -0.301. The Kier molecular flexibility index (Phi) is 11.8. The van der Waals surface area contributed by atoms with E-state index < -0.39 is 16.1 Å². The van der Waals surface area contributed by atoms with Crippen LogP contribution in [0.2, 0.25) is 0 Å². The fourth-order valence-electron chi connectivity index (χ4n) is 5.91. The fraction of sp³-hybridized carbons (Fsp3) is 0.429. The molecule has 2 amide bonds. The standard InChI is InChI=1S/C35H44N4O5S/c40-34(18-15-29-13-16-32(17-14-29)45(42,43)38-20-7-8-21-38)39(28-31-11-5-2-6-12-31)33(27-30-9-3-1-4-10-30)35(41)36-19-22-37-23-25-44-26-24-37/h1-6,9-14,16-17,33H,7-8,15,18-28H2,(H,36,41)/t33-/m0/s1. The van der Waals surface area contributed by atoms with Crippen molar-refractivity contribution in [2.24, 2.45) is 0 Å². The zero-order valence-corrected chi connectivity index (χ0v) is 26.7. The summed E-state index contributed by atoms with van der Waals surface area (Å²) in [5.41, 5.74) is 2.80. The van der Waals surface area contributed by atoms with E-state index in [1.165, 1.54) is 4.31 Å². The monoisotopic (exact) mass is 632 g/mol. The molecule has 0 spiro atoms. The van der Waals surface area contributed by atoms with Gasteiger partial charge in [-0.1, -0.05) is 72.8 Å². The number of rotatable bonds is 14. The number of sulfonamides is 1. The van der Waals surface area contributed by atoms with Gasteiger partial charge in [-0.25, -0.2) is 8.42 Å². The number of hydrogen-bond acceptors (Lipinski definition) is 6. The molecule has 9 nitrogen and oxygen atoms in total. The third kappa shape index (κ3) is 9.23. The third-order valence-electron chi connectivity index (χ3n) is 8.55. The van der Waals surface area contributed by atoms with Gasteiger partial charge in [-0.3, -0.25) is 14.5 Å².